The number of methoxy groups -OCH3 is 1. The fourth-order valence-corrected chi connectivity index (χ4v) is 3.83. The van der Waals surface area contributed by atoms with Gasteiger partial charge in [-0.3, -0.25) is 14.7 Å². The van der Waals surface area contributed by atoms with E-state index in [0.717, 1.165) is 49.5 Å². The molecule has 1 fully saturated rings. The molecule has 0 aliphatic carbocycles. The third-order valence-electron chi connectivity index (χ3n) is 5.42. The van der Waals surface area contributed by atoms with Crippen LogP contribution in [0.15, 0.2) is 59.4 Å². The Bertz CT molecular complexity index is 973. The van der Waals surface area contributed by atoms with E-state index in [-0.39, 0.29) is 17.6 Å². The molecular formula is C23H26N4O3. The van der Waals surface area contributed by atoms with E-state index in [1.807, 2.05) is 48.8 Å². The Morgan fingerprint density at radius 2 is 2.10 bits per heavy atom. The Labute approximate surface area is 176 Å². The van der Waals surface area contributed by atoms with E-state index < -0.39 is 0 Å². The summed E-state index contributed by atoms with van der Waals surface area (Å²) >= 11 is 0. The quantitative estimate of drug-likeness (QED) is 0.648. The summed E-state index contributed by atoms with van der Waals surface area (Å²) in [7, 11) is 1.62. The number of aromatic nitrogens is 2. The summed E-state index contributed by atoms with van der Waals surface area (Å²) in [5.41, 5.74) is 3.06. The molecule has 7 nitrogen and oxygen atoms in total. The molecule has 1 atom stereocenters. The van der Waals surface area contributed by atoms with E-state index in [4.69, 9.17) is 9.26 Å². The van der Waals surface area contributed by atoms with Crippen LogP contribution in [0.25, 0.3) is 0 Å². The summed E-state index contributed by atoms with van der Waals surface area (Å²) in [5, 5.41) is 7.07. The average molecular weight is 406 g/mol. The third kappa shape index (κ3) is 5.04. The zero-order chi connectivity index (χ0) is 20.8. The lowest BCUT2D eigenvalue weighted by atomic mass is 9.94. The fourth-order valence-electron chi connectivity index (χ4n) is 3.83. The molecule has 7 heteroatoms. The van der Waals surface area contributed by atoms with Gasteiger partial charge in [-0.1, -0.05) is 17.3 Å². The molecule has 1 saturated heterocycles. The number of rotatable bonds is 7. The van der Waals surface area contributed by atoms with E-state index in [1.54, 1.807) is 13.2 Å². The molecule has 0 spiro atoms. The molecule has 1 N–H and O–H groups in total. The predicted molar refractivity (Wildman–Crippen MR) is 112 cm³/mol. The molecule has 0 saturated carbocycles. The van der Waals surface area contributed by atoms with Crippen molar-refractivity contribution in [3.8, 4) is 5.75 Å². The molecule has 1 aliphatic heterocycles. The van der Waals surface area contributed by atoms with Gasteiger partial charge in [0.1, 0.15) is 5.75 Å². The minimum Gasteiger partial charge on any atom is -0.497 e. The Morgan fingerprint density at radius 1 is 1.23 bits per heavy atom. The molecule has 3 aromatic rings. The molecule has 3 heterocycles. The first-order valence-electron chi connectivity index (χ1n) is 10.2. The van der Waals surface area contributed by atoms with Gasteiger partial charge in [-0.05, 0) is 54.8 Å². The second-order valence-corrected chi connectivity index (χ2v) is 7.58. The lowest BCUT2D eigenvalue weighted by Gasteiger charge is -2.31. The first-order chi connectivity index (χ1) is 14.7. The zero-order valence-electron chi connectivity index (χ0n) is 17.1. The van der Waals surface area contributed by atoms with E-state index in [2.05, 4.69) is 20.4 Å². The van der Waals surface area contributed by atoms with Crippen LogP contribution in [0.5, 0.6) is 5.75 Å². The van der Waals surface area contributed by atoms with Gasteiger partial charge in [0.05, 0.1) is 12.8 Å². The maximum atomic E-state index is 12.5. The van der Waals surface area contributed by atoms with E-state index in [0.29, 0.717) is 6.54 Å². The van der Waals surface area contributed by atoms with Gasteiger partial charge in [0.2, 0.25) is 5.76 Å². The monoisotopic (exact) mass is 406 g/mol. The maximum Gasteiger partial charge on any atom is 0.290 e. The number of nitrogens with one attached hydrogen (secondary N) is 1. The van der Waals surface area contributed by atoms with Crippen molar-refractivity contribution in [3.05, 3.63) is 77.4 Å². The van der Waals surface area contributed by atoms with Gasteiger partial charge in [-0.25, -0.2) is 0 Å². The largest absolute Gasteiger partial charge is 0.497 e. The van der Waals surface area contributed by atoms with Gasteiger partial charge in [-0.15, -0.1) is 0 Å². The highest BCUT2D eigenvalue weighted by atomic mass is 16.5. The Hall–Kier alpha value is -3.19. The smallest absolute Gasteiger partial charge is 0.290 e. The number of nitrogens with zero attached hydrogens (tertiary/aromatic N) is 3. The number of likely N-dealkylation sites (tertiary alicyclic amines) is 1. The number of ether oxygens (including phenoxy) is 1. The summed E-state index contributed by atoms with van der Waals surface area (Å²) in [4.78, 5) is 19.0. The standard InChI is InChI=1S/C23H26N4O3/c1-29-20-6-2-4-18(12-20)14-25-23(28)22-13-21(26-30-22)19-5-3-11-27(16-19)15-17-7-9-24-10-8-17/h2,4,6-10,12-13,19H,3,5,11,14-16H2,1H3,(H,25,28)/t19-/m1/s1. The van der Waals surface area contributed by atoms with Crippen molar-refractivity contribution in [2.24, 2.45) is 0 Å². The Kier molecular flexibility index (Phi) is 6.39. The number of piperidine rings is 1. The first-order valence-corrected chi connectivity index (χ1v) is 10.2. The minimum atomic E-state index is -0.263. The van der Waals surface area contributed by atoms with Crippen LogP contribution < -0.4 is 10.1 Å². The molecule has 30 heavy (non-hydrogen) atoms. The van der Waals surface area contributed by atoms with Gasteiger partial charge in [0.15, 0.2) is 0 Å². The number of carbonyl (C=O) groups is 1. The van der Waals surface area contributed by atoms with Crippen molar-refractivity contribution >= 4 is 5.91 Å². The molecule has 1 amide bonds. The van der Waals surface area contributed by atoms with Crippen LogP contribution in [0.3, 0.4) is 0 Å². The second-order valence-electron chi connectivity index (χ2n) is 7.58. The van der Waals surface area contributed by atoms with Crippen LogP contribution in [0.4, 0.5) is 0 Å². The molecule has 0 bridgehead atoms. The van der Waals surface area contributed by atoms with Crippen molar-refractivity contribution in [2.75, 3.05) is 20.2 Å². The van der Waals surface area contributed by atoms with Crippen LogP contribution >= 0.6 is 0 Å². The topological polar surface area (TPSA) is 80.5 Å². The lowest BCUT2D eigenvalue weighted by molar-refractivity contribution is 0.0913. The summed E-state index contributed by atoms with van der Waals surface area (Å²) < 4.78 is 10.6. The van der Waals surface area contributed by atoms with Gasteiger partial charge < -0.3 is 14.6 Å². The number of amides is 1. The van der Waals surface area contributed by atoms with Crippen LogP contribution in [0.1, 0.15) is 46.1 Å². The highest BCUT2D eigenvalue weighted by molar-refractivity contribution is 5.91. The highest BCUT2D eigenvalue weighted by Crippen LogP contribution is 2.27. The number of benzene rings is 1. The van der Waals surface area contributed by atoms with Gasteiger partial charge >= 0.3 is 0 Å². The molecule has 1 aliphatic rings. The fraction of sp³-hybridized carbons (Fsp3) is 0.348. The normalized spacial score (nSPS) is 16.9. The summed E-state index contributed by atoms with van der Waals surface area (Å²) in [6.07, 6.45) is 5.79. The van der Waals surface area contributed by atoms with Crippen LogP contribution in [-0.4, -0.2) is 41.1 Å². The van der Waals surface area contributed by atoms with Crippen LogP contribution in [0, 0.1) is 0 Å². The van der Waals surface area contributed by atoms with Gasteiger partial charge in [-0.2, -0.15) is 0 Å². The number of hydrogen-bond acceptors (Lipinski definition) is 6. The van der Waals surface area contributed by atoms with Crippen molar-refractivity contribution in [3.63, 3.8) is 0 Å². The summed E-state index contributed by atoms with van der Waals surface area (Å²) in [6.45, 7) is 3.25. The van der Waals surface area contributed by atoms with E-state index >= 15 is 0 Å². The van der Waals surface area contributed by atoms with Gasteiger partial charge in [0.25, 0.3) is 5.91 Å². The zero-order valence-corrected chi connectivity index (χ0v) is 17.1. The summed E-state index contributed by atoms with van der Waals surface area (Å²) in [5.74, 6) is 1.02. The minimum absolute atomic E-state index is 0.249. The van der Waals surface area contributed by atoms with Crippen LogP contribution in [-0.2, 0) is 13.1 Å². The van der Waals surface area contributed by atoms with Crippen molar-refractivity contribution in [2.45, 2.75) is 31.8 Å². The molecule has 1 aromatic carbocycles. The first kappa shape index (κ1) is 20.1. The van der Waals surface area contributed by atoms with Crippen molar-refractivity contribution < 1.29 is 14.1 Å². The van der Waals surface area contributed by atoms with Crippen LogP contribution in [0.2, 0.25) is 0 Å². The number of carbonyl (C=O) groups excluding carboxylic acids is 1. The lowest BCUT2D eigenvalue weighted by Crippen LogP contribution is -2.34. The van der Waals surface area contributed by atoms with E-state index in [1.165, 1.54) is 5.56 Å². The Morgan fingerprint density at radius 3 is 2.93 bits per heavy atom. The predicted octanol–water partition coefficient (Wildman–Crippen LogP) is 3.39. The number of hydrogen-bond donors (Lipinski definition) is 1. The van der Waals surface area contributed by atoms with Crippen molar-refractivity contribution in [1.82, 2.24) is 20.4 Å². The van der Waals surface area contributed by atoms with Gasteiger partial charge in [0, 0.05) is 44.0 Å². The van der Waals surface area contributed by atoms with Crippen molar-refractivity contribution in [1.29, 1.82) is 0 Å². The highest BCUT2D eigenvalue weighted by Gasteiger charge is 2.25. The molecule has 0 radical (unpaired) electrons. The molecule has 2 aromatic heterocycles. The maximum absolute atomic E-state index is 12.5. The molecule has 0 unspecified atom stereocenters. The molecule has 4 rings (SSSR count). The van der Waals surface area contributed by atoms with E-state index in [9.17, 15) is 4.79 Å². The third-order valence-corrected chi connectivity index (χ3v) is 5.42. The number of pyridine rings is 1. The SMILES string of the molecule is COc1cccc(CNC(=O)c2cc([C@@H]3CCCN(Cc4ccncc4)C3)no2)c1. The Balaban J connectivity index is 1.34. The molecule has 156 valence electrons. The second kappa shape index (κ2) is 9.54. The average Bonchev–Trinajstić information content (AvgIpc) is 3.29. The molecular weight excluding hydrogens is 380 g/mol. The summed E-state index contributed by atoms with van der Waals surface area (Å²) in [6, 6.07) is 13.5.